The van der Waals surface area contributed by atoms with E-state index in [1.165, 1.54) is 6.42 Å². The van der Waals surface area contributed by atoms with Crippen LogP contribution in [0.5, 0.6) is 0 Å². The van der Waals surface area contributed by atoms with Crippen molar-refractivity contribution in [1.82, 2.24) is 16.0 Å². The van der Waals surface area contributed by atoms with Gasteiger partial charge in [0.15, 0.2) is 5.96 Å². The number of guanidine groups is 1. The van der Waals surface area contributed by atoms with Gasteiger partial charge in [-0.2, -0.15) is 0 Å². The molecule has 0 radical (unpaired) electrons. The number of amides is 1. The molecule has 0 bridgehead atoms. The van der Waals surface area contributed by atoms with Gasteiger partial charge in [-0.05, 0) is 42.9 Å². The van der Waals surface area contributed by atoms with E-state index in [9.17, 15) is 4.79 Å². The predicted molar refractivity (Wildman–Crippen MR) is 130 cm³/mol. The molecular weight excluding hydrogens is 479 g/mol. The summed E-state index contributed by atoms with van der Waals surface area (Å²) in [5, 5.41) is 9.61. The van der Waals surface area contributed by atoms with Gasteiger partial charge in [0.2, 0.25) is 0 Å². The molecule has 164 valence electrons. The summed E-state index contributed by atoms with van der Waals surface area (Å²) >= 11 is 0. The van der Waals surface area contributed by atoms with Crippen molar-refractivity contribution in [3.8, 4) is 0 Å². The monoisotopic (exact) mass is 516 g/mol. The molecule has 1 aliphatic rings. The maximum atomic E-state index is 11.8. The van der Waals surface area contributed by atoms with E-state index in [-0.39, 0.29) is 41.4 Å². The van der Waals surface area contributed by atoms with Crippen molar-refractivity contribution in [2.45, 2.75) is 53.2 Å². The number of halogens is 1. The maximum Gasteiger partial charge on any atom is 0.251 e. The molecule has 2 unspecified atom stereocenters. The molecule has 0 aromatic heterocycles. The van der Waals surface area contributed by atoms with Gasteiger partial charge in [0.1, 0.15) is 0 Å². The van der Waals surface area contributed by atoms with Gasteiger partial charge in [-0.15, -0.1) is 24.0 Å². The van der Waals surface area contributed by atoms with Crippen LogP contribution in [-0.4, -0.2) is 44.7 Å². The lowest BCUT2D eigenvalue weighted by molar-refractivity contribution is -0.0835. The van der Waals surface area contributed by atoms with Crippen LogP contribution in [0.25, 0.3) is 0 Å². The number of nitrogens with one attached hydrogen (secondary N) is 3. The largest absolute Gasteiger partial charge is 0.377 e. The lowest BCUT2D eigenvalue weighted by Gasteiger charge is -2.40. The number of benzene rings is 1. The zero-order chi connectivity index (χ0) is 20.6. The molecule has 1 saturated heterocycles. The van der Waals surface area contributed by atoms with Gasteiger partial charge in [-0.3, -0.25) is 9.79 Å². The number of hydrogen-bond donors (Lipinski definition) is 3. The Bertz CT molecular complexity index is 656. The van der Waals surface area contributed by atoms with Crippen molar-refractivity contribution in [1.29, 1.82) is 0 Å². The van der Waals surface area contributed by atoms with E-state index in [0.717, 1.165) is 31.1 Å². The molecule has 2 rings (SSSR count). The number of hydrogen-bond acceptors (Lipinski definition) is 3. The molecule has 0 aliphatic carbocycles. The topological polar surface area (TPSA) is 74.8 Å². The Morgan fingerprint density at radius 3 is 2.45 bits per heavy atom. The van der Waals surface area contributed by atoms with Gasteiger partial charge < -0.3 is 20.7 Å². The fraction of sp³-hybridized carbons (Fsp3) is 0.636. The first-order valence-corrected chi connectivity index (χ1v) is 10.3. The smallest absolute Gasteiger partial charge is 0.251 e. The van der Waals surface area contributed by atoms with Gasteiger partial charge in [0.25, 0.3) is 5.91 Å². The number of carbonyl (C=O) groups excluding carboxylic acids is 1. The van der Waals surface area contributed by atoms with Crippen LogP contribution >= 0.6 is 24.0 Å². The second-order valence-corrected chi connectivity index (χ2v) is 8.42. The molecule has 1 heterocycles. The van der Waals surface area contributed by atoms with Gasteiger partial charge in [0, 0.05) is 44.8 Å². The van der Waals surface area contributed by atoms with Gasteiger partial charge in [0.05, 0.1) is 6.10 Å². The van der Waals surface area contributed by atoms with E-state index >= 15 is 0 Å². The van der Waals surface area contributed by atoms with E-state index in [2.05, 4.69) is 41.7 Å². The Kier molecular flexibility index (Phi) is 11.0. The lowest BCUT2D eigenvalue weighted by atomic mass is 9.78. The molecular formula is C22H37IN4O2. The minimum absolute atomic E-state index is 0. The first-order chi connectivity index (χ1) is 13.3. The Balaban J connectivity index is 0.00000420. The van der Waals surface area contributed by atoms with Crippen molar-refractivity contribution < 1.29 is 9.53 Å². The van der Waals surface area contributed by atoms with E-state index < -0.39 is 0 Å². The van der Waals surface area contributed by atoms with E-state index in [4.69, 9.17) is 4.74 Å². The van der Waals surface area contributed by atoms with E-state index in [1.54, 1.807) is 7.05 Å². The minimum Gasteiger partial charge on any atom is -0.377 e. The van der Waals surface area contributed by atoms with Crippen LogP contribution in [0.3, 0.4) is 0 Å². The third-order valence-corrected chi connectivity index (χ3v) is 5.07. The number of aliphatic imine (C=N–C) groups is 1. The van der Waals surface area contributed by atoms with E-state index in [1.807, 2.05) is 31.2 Å². The lowest BCUT2D eigenvalue weighted by Crippen LogP contribution is -2.47. The van der Waals surface area contributed by atoms with Gasteiger partial charge in [-0.25, -0.2) is 0 Å². The van der Waals surface area contributed by atoms with Crippen LogP contribution in [0.4, 0.5) is 0 Å². The highest BCUT2D eigenvalue weighted by atomic mass is 127. The third-order valence-electron chi connectivity index (χ3n) is 5.07. The molecule has 0 saturated carbocycles. The van der Waals surface area contributed by atoms with E-state index in [0.29, 0.717) is 24.6 Å². The van der Waals surface area contributed by atoms with Crippen molar-refractivity contribution in [3.63, 3.8) is 0 Å². The summed E-state index contributed by atoms with van der Waals surface area (Å²) < 4.78 is 6.07. The number of carbonyl (C=O) groups is 1. The summed E-state index contributed by atoms with van der Waals surface area (Å²) in [6.07, 6.45) is 2.55. The van der Waals surface area contributed by atoms with Crippen molar-refractivity contribution in [2.24, 2.45) is 16.3 Å². The molecule has 1 fully saturated rings. The van der Waals surface area contributed by atoms with Crippen LogP contribution in [0.1, 0.15) is 56.5 Å². The van der Waals surface area contributed by atoms with Crippen molar-refractivity contribution in [3.05, 3.63) is 35.4 Å². The predicted octanol–water partition coefficient (Wildman–Crippen LogP) is 3.56. The van der Waals surface area contributed by atoms with Crippen LogP contribution < -0.4 is 16.0 Å². The summed E-state index contributed by atoms with van der Waals surface area (Å²) in [4.78, 5) is 16.2. The second kappa shape index (κ2) is 12.4. The van der Waals surface area contributed by atoms with Crippen LogP contribution in [0.2, 0.25) is 0 Å². The first kappa shape index (κ1) is 25.7. The second-order valence-electron chi connectivity index (χ2n) is 8.42. The average molecular weight is 516 g/mol. The zero-order valence-corrected chi connectivity index (χ0v) is 20.7. The molecule has 3 N–H and O–H groups in total. The van der Waals surface area contributed by atoms with Crippen molar-refractivity contribution >= 4 is 35.8 Å². The minimum atomic E-state index is -0.0393. The number of ether oxygens (including phenoxy) is 1. The number of rotatable bonds is 6. The highest BCUT2D eigenvalue weighted by Gasteiger charge is 2.35. The Hall–Kier alpha value is -1.35. The Morgan fingerprint density at radius 2 is 1.86 bits per heavy atom. The maximum absolute atomic E-state index is 11.8. The third kappa shape index (κ3) is 8.12. The molecule has 2 atom stereocenters. The average Bonchev–Trinajstić information content (AvgIpc) is 2.68. The molecule has 1 amide bonds. The van der Waals surface area contributed by atoms with Gasteiger partial charge >= 0.3 is 0 Å². The fourth-order valence-electron chi connectivity index (χ4n) is 3.68. The van der Waals surface area contributed by atoms with Crippen LogP contribution in [0, 0.1) is 11.3 Å². The van der Waals surface area contributed by atoms with Crippen LogP contribution in [-0.2, 0) is 11.3 Å². The zero-order valence-electron chi connectivity index (χ0n) is 18.4. The fourth-order valence-corrected chi connectivity index (χ4v) is 3.68. The first-order valence-electron chi connectivity index (χ1n) is 10.3. The summed E-state index contributed by atoms with van der Waals surface area (Å²) in [6, 6.07) is 7.64. The molecule has 7 heteroatoms. The molecule has 1 aliphatic heterocycles. The SMILES string of the molecule is CCNC(=O)c1ccc(CNC(=NC)NCC2CCCOC2C(C)(C)C)cc1.I. The summed E-state index contributed by atoms with van der Waals surface area (Å²) in [5.41, 5.74) is 1.92. The molecule has 0 spiro atoms. The summed E-state index contributed by atoms with van der Waals surface area (Å²) in [7, 11) is 1.78. The van der Waals surface area contributed by atoms with Crippen LogP contribution in [0.15, 0.2) is 29.3 Å². The molecule has 6 nitrogen and oxygen atoms in total. The highest BCUT2D eigenvalue weighted by molar-refractivity contribution is 14.0. The highest BCUT2D eigenvalue weighted by Crippen LogP contribution is 2.33. The Morgan fingerprint density at radius 1 is 1.17 bits per heavy atom. The molecule has 29 heavy (non-hydrogen) atoms. The summed E-state index contributed by atoms with van der Waals surface area (Å²) in [6.45, 7) is 11.6. The van der Waals surface area contributed by atoms with Crippen molar-refractivity contribution in [2.75, 3.05) is 26.7 Å². The quantitative estimate of drug-likeness (QED) is 0.307. The normalized spacial score (nSPS) is 19.8. The summed E-state index contributed by atoms with van der Waals surface area (Å²) in [5.74, 6) is 1.22. The standard InChI is InChI=1S/C22H36N4O2.HI/c1-6-24-20(27)17-11-9-16(10-12-17)14-25-21(23-5)26-15-18-8-7-13-28-19(18)22(2,3)4;/h9-12,18-19H,6-8,13-15H2,1-5H3,(H,24,27)(H2,23,25,26);1H. The molecule has 1 aromatic carbocycles. The molecule has 1 aromatic rings. The Labute approximate surface area is 192 Å². The van der Waals surface area contributed by atoms with Gasteiger partial charge in [-0.1, -0.05) is 32.9 Å². The number of nitrogens with zero attached hydrogens (tertiary/aromatic N) is 1.